The third-order valence-electron chi connectivity index (χ3n) is 14.1. The quantitative estimate of drug-likeness (QED) is 0.0337. The van der Waals surface area contributed by atoms with E-state index >= 15 is 0 Å². The van der Waals surface area contributed by atoms with E-state index < -0.39 is 17.5 Å². The number of aliphatic hydroxyl groups is 1. The number of hydrogen-bond acceptors (Lipinski definition) is 13. The molecule has 0 bridgehead atoms. The lowest BCUT2D eigenvalue weighted by Gasteiger charge is -2.46. The number of ether oxygens (including phenoxy) is 1. The van der Waals surface area contributed by atoms with Crippen LogP contribution in [0.15, 0.2) is 54.6 Å². The molecule has 2 atom stereocenters. The first-order chi connectivity index (χ1) is 39.3. The molecule has 2 aliphatic heterocycles. The summed E-state index contributed by atoms with van der Waals surface area (Å²) in [4.78, 5) is 49.6. The van der Waals surface area contributed by atoms with Gasteiger partial charge in [0.25, 0.3) is 0 Å². The Morgan fingerprint density at radius 1 is 0.616 bits per heavy atom. The van der Waals surface area contributed by atoms with Crippen LogP contribution in [0, 0.1) is 39.4 Å². The number of unbranched alkanes of at least 4 members (excludes halogenated alkanes) is 1. The van der Waals surface area contributed by atoms with Gasteiger partial charge >= 0.3 is 11.9 Å². The number of Topliss-reactive ketones (excluding diaryl/α,β-unsaturated/α-hetero) is 2. The molecule has 15 heteroatoms. The maximum atomic E-state index is 11.6. The van der Waals surface area contributed by atoms with Crippen LogP contribution in [0.2, 0.25) is 0 Å². The smallest absolute Gasteiger partial charge is 0.338 e. The number of aromatic hydroxyl groups is 2. The van der Waals surface area contributed by atoms with Gasteiger partial charge in [-0.3, -0.25) is 24.2 Å². The molecule has 0 aromatic heterocycles. The average Bonchev–Trinajstić information content (AvgIpc) is 1.52. The highest BCUT2D eigenvalue weighted by Crippen LogP contribution is 2.35. The molecule has 2 saturated heterocycles. The molecule has 3 aromatic rings. The van der Waals surface area contributed by atoms with Crippen molar-refractivity contribution in [2.75, 3.05) is 82.1 Å². The van der Waals surface area contributed by atoms with Gasteiger partial charge in [-0.05, 0) is 160 Å². The van der Waals surface area contributed by atoms with Gasteiger partial charge < -0.3 is 46.2 Å². The molecule has 3 aromatic carbocycles. The van der Waals surface area contributed by atoms with Crippen molar-refractivity contribution in [3.05, 3.63) is 76.9 Å². The number of hydrogen-bond donors (Lipinski definition) is 8. The summed E-state index contributed by atoms with van der Waals surface area (Å²) in [5.41, 5.74) is 5.14. The van der Waals surface area contributed by atoms with E-state index in [9.17, 15) is 34.5 Å². The topological polar surface area (TPSA) is 221 Å². The number of carbonyl (C=O) groups excluding carboxylic acids is 2. The summed E-state index contributed by atoms with van der Waals surface area (Å²) in [5, 5.41) is 56.5. The van der Waals surface area contributed by atoms with Crippen molar-refractivity contribution in [3.8, 4) is 11.5 Å². The van der Waals surface area contributed by atoms with Gasteiger partial charge in [0.15, 0.2) is 11.6 Å². The second-order valence-electron chi connectivity index (χ2n) is 30.8. The maximum absolute atomic E-state index is 11.6. The number of phenols is 2. The van der Waals surface area contributed by atoms with Crippen LogP contribution < -0.4 is 16.0 Å². The van der Waals surface area contributed by atoms with Gasteiger partial charge in [-0.15, -0.1) is 0 Å². The molecule has 1 unspecified atom stereocenters. The number of ketones is 2. The number of carboxylic acid groups (broad SMARTS) is 2. The number of carbonyl (C=O) groups is 4. The highest BCUT2D eigenvalue weighted by Gasteiger charge is 2.45. The van der Waals surface area contributed by atoms with Crippen molar-refractivity contribution in [2.24, 2.45) is 32.5 Å². The number of rotatable bonds is 18. The Labute approximate surface area is 522 Å². The molecule has 492 valence electrons. The largest absolute Gasteiger partial charge is 0.507 e. The van der Waals surface area contributed by atoms with Crippen molar-refractivity contribution >= 4 is 40.6 Å². The third kappa shape index (κ3) is 34.9. The zero-order chi connectivity index (χ0) is 66.7. The summed E-state index contributed by atoms with van der Waals surface area (Å²) in [6.07, 6.45) is 9.90. The molecule has 2 heterocycles. The molecule has 0 radical (unpaired) electrons. The standard InChI is InChI=1S/3C13H19NO2.C13H25NO2.C10H21NO.C9H20O/c1-9(15)11-7-10(5-6-12(11)16)14-8-13(2,3)4;1-9(15)11-6-5-10(7-12(11)16)14-8-13(2,3)4;1-9-6-5-7-10(11(9)12(15)16)14-8-13(2,3)4;1-5-13(11(15)16)8-6-7-9-14(13)10-12(2,3)4;1-10(2,3)8-11-6-4-5-9(11)7-12;1-9(2,3)7-5-6-8-10-4/h2*5-7,14,16H,8H2,1-4H3;5-7,14H,8H2,1-4H3,(H,15,16);5-10H2,1-4H3,(H,15,16);9,12H,4-8H2,1-3H3;5-8H2,1-4H3/t;;;;9-;/m....0./s1. The fourth-order valence-electron chi connectivity index (χ4n) is 9.57. The van der Waals surface area contributed by atoms with E-state index in [-0.39, 0.29) is 44.7 Å². The van der Waals surface area contributed by atoms with Crippen LogP contribution in [-0.4, -0.2) is 137 Å². The second kappa shape index (κ2) is 36.9. The van der Waals surface area contributed by atoms with Crippen molar-refractivity contribution in [1.82, 2.24) is 9.80 Å². The first-order valence-electron chi connectivity index (χ1n) is 31.4. The van der Waals surface area contributed by atoms with Crippen LogP contribution in [0.3, 0.4) is 0 Å². The lowest BCUT2D eigenvalue weighted by molar-refractivity contribution is -0.155. The summed E-state index contributed by atoms with van der Waals surface area (Å²) >= 11 is 0. The Kier molecular flexibility index (Phi) is 34.7. The van der Waals surface area contributed by atoms with E-state index in [1.807, 2.05) is 38.1 Å². The van der Waals surface area contributed by atoms with E-state index in [2.05, 4.69) is 150 Å². The number of aromatic carboxylic acids is 1. The van der Waals surface area contributed by atoms with Gasteiger partial charge in [-0.25, -0.2) is 4.79 Å². The molecule has 15 nitrogen and oxygen atoms in total. The van der Waals surface area contributed by atoms with Crippen molar-refractivity contribution in [2.45, 2.75) is 222 Å². The average molecular weight is 1210 g/mol. The summed E-state index contributed by atoms with van der Waals surface area (Å²) < 4.78 is 4.96. The molecule has 0 amide bonds. The highest BCUT2D eigenvalue weighted by molar-refractivity contribution is 5.98. The number of aliphatic hydroxyl groups excluding tert-OH is 1. The first-order valence-corrected chi connectivity index (χ1v) is 31.4. The molecule has 0 saturated carbocycles. The number of nitrogens with zero attached hydrogens (tertiary/aromatic N) is 2. The molecular weight excluding hydrogens is 1080 g/mol. The van der Waals surface area contributed by atoms with Crippen LogP contribution in [-0.2, 0) is 9.53 Å². The van der Waals surface area contributed by atoms with Gasteiger partial charge in [0, 0.05) is 75.6 Å². The van der Waals surface area contributed by atoms with Gasteiger partial charge in [0.05, 0.1) is 23.3 Å². The molecule has 0 spiro atoms. The number of anilines is 3. The van der Waals surface area contributed by atoms with E-state index in [0.717, 1.165) is 82.1 Å². The van der Waals surface area contributed by atoms with Crippen molar-refractivity contribution < 1.29 is 49.4 Å². The van der Waals surface area contributed by atoms with Crippen LogP contribution >= 0.6 is 0 Å². The van der Waals surface area contributed by atoms with Crippen LogP contribution in [0.5, 0.6) is 11.5 Å². The number of nitrogens with one attached hydrogen (secondary N) is 3. The summed E-state index contributed by atoms with van der Waals surface area (Å²) in [6, 6.07) is 16.0. The molecule has 2 fully saturated rings. The number of carboxylic acids is 2. The van der Waals surface area contributed by atoms with Crippen LogP contribution in [0.4, 0.5) is 17.1 Å². The Morgan fingerprint density at radius 2 is 1.14 bits per heavy atom. The highest BCUT2D eigenvalue weighted by atomic mass is 16.5. The normalized spacial score (nSPS) is 16.6. The fourth-order valence-corrected chi connectivity index (χ4v) is 9.57. The number of aliphatic carboxylic acids is 1. The van der Waals surface area contributed by atoms with E-state index in [4.69, 9.17) is 14.9 Å². The molecule has 86 heavy (non-hydrogen) atoms. The lowest BCUT2D eigenvalue weighted by atomic mass is 9.82. The fraction of sp³-hybridized carbons (Fsp3) is 0.690. The number of methoxy groups -OCH3 is 1. The number of phenolic OH excluding ortho intramolecular Hbond substituents is 2. The van der Waals surface area contributed by atoms with Crippen LogP contribution in [0.1, 0.15) is 240 Å². The molecular formula is C71H123N5O10. The number of piperidine rings is 1. The summed E-state index contributed by atoms with van der Waals surface area (Å²) in [7, 11) is 1.76. The zero-order valence-electron chi connectivity index (χ0n) is 58.2. The second-order valence-corrected chi connectivity index (χ2v) is 30.8. The number of likely N-dealkylation sites (tertiary alicyclic amines) is 2. The Hall–Kier alpha value is -5.22. The predicted octanol–water partition coefficient (Wildman–Crippen LogP) is 16.3. The first kappa shape index (κ1) is 80.8. The zero-order valence-corrected chi connectivity index (χ0v) is 58.2. The monoisotopic (exact) mass is 1210 g/mol. The Morgan fingerprint density at radius 3 is 1.58 bits per heavy atom. The van der Waals surface area contributed by atoms with Crippen molar-refractivity contribution in [3.63, 3.8) is 0 Å². The molecule has 0 aliphatic carbocycles. The third-order valence-corrected chi connectivity index (χ3v) is 14.1. The van der Waals surface area contributed by atoms with E-state index in [1.165, 1.54) is 52.5 Å². The Balaban J connectivity index is 0.00000102. The summed E-state index contributed by atoms with van der Waals surface area (Å²) in [5.74, 6) is -1.70. The molecule has 5 rings (SSSR count). The lowest BCUT2D eigenvalue weighted by Crippen LogP contribution is -2.58. The summed E-state index contributed by atoms with van der Waals surface area (Å²) in [6.45, 7) is 53.6. The minimum atomic E-state index is -0.880. The SMILES string of the molecule is CC(=O)c1cc(NCC(C)(C)C)ccc1O.CC(=O)c1ccc(NCC(C)(C)C)cc1O.CC(C)(C)CN1CCC[C@H]1CO.CCC1(C(=O)O)CCCCN1CC(C)(C)C.COCCCCC(C)(C)C.Cc1cccc(NCC(C)(C)C)c1C(=O)O. The predicted molar refractivity (Wildman–Crippen MR) is 360 cm³/mol. The maximum Gasteiger partial charge on any atom is 0.338 e. The van der Waals surface area contributed by atoms with E-state index in [0.29, 0.717) is 52.3 Å². The minimum absolute atomic E-state index is 0.0337. The van der Waals surface area contributed by atoms with Crippen molar-refractivity contribution in [1.29, 1.82) is 0 Å². The van der Waals surface area contributed by atoms with Gasteiger partial charge in [-0.1, -0.05) is 150 Å². The number of aryl methyl sites for hydroxylation is 1. The molecule has 2 aliphatic rings. The van der Waals surface area contributed by atoms with Gasteiger partial charge in [-0.2, -0.15) is 0 Å². The number of benzene rings is 3. The van der Waals surface area contributed by atoms with Gasteiger partial charge in [0.1, 0.15) is 17.0 Å². The Bertz CT molecular complexity index is 2490. The minimum Gasteiger partial charge on any atom is -0.507 e. The van der Waals surface area contributed by atoms with Crippen LogP contribution in [0.25, 0.3) is 0 Å². The van der Waals surface area contributed by atoms with Gasteiger partial charge in [0.2, 0.25) is 0 Å². The molecule has 8 N–H and O–H groups in total. The van der Waals surface area contributed by atoms with E-state index in [1.54, 1.807) is 37.4 Å².